The summed E-state index contributed by atoms with van der Waals surface area (Å²) < 4.78 is 24.3. The number of anilines is 1. The maximum absolute atomic E-state index is 13.5. The molecule has 14 heteroatoms. The van der Waals surface area contributed by atoms with E-state index in [1.807, 2.05) is 0 Å². The molecule has 29 heavy (non-hydrogen) atoms. The Morgan fingerprint density at radius 1 is 1.31 bits per heavy atom. The lowest BCUT2D eigenvalue weighted by Crippen LogP contribution is -2.22. The molecule has 0 amide bonds. The summed E-state index contributed by atoms with van der Waals surface area (Å²) in [5.74, 6) is 1.23. The Morgan fingerprint density at radius 2 is 2.17 bits per heavy atom. The van der Waals surface area contributed by atoms with Crippen molar-refractivity contribution in [3.8, 4) is 17.2 Å². The van der Waals surface area contributed by atoms with Crippen LogP contribution in [0.5, 0.6) is 0 Å². The Kier molecular flexibility index (Phi) is 4.93. The van der Waals surface area contributed by atoms with Crippen molar-refractivity contribution in [1.29, 1.82) is 0 Å². The van der Waals surface area contributed by atoms with Crippen molar-refractivity contribution in [2.45, 2.75) is 6.42 Å². The summed E-state index contributed by atoms with van der Waals surface area (Å²) in [6.07, 6.45) is 0.404. The second kappa shape index (κ2) is 7.69. The minimum atomic E-state index is -0.795. The average Bonchev–Trinajstić information content (AvgIpc) is 3.44. The van der Waals surface area contributed by atoms with E-state index in [0.717, 1.165) is 4.57 Å². The number of amidine groups is 1. The highest BCUT2D eigenvalue weighted by Gasteiger charge is 2.23. The highest BCUT2D eigenvalue weighted by atomic mass is 79.9. The number of aromatic nitrogens is 4. The molecule has 0 radical (unpaired) electrons. The van der Waals surface area contributed by atoms with Gasteiger partial charge < -0.3 is 10.6 Å². The van der Waals surface area contributed by atoms with Gasteiger partial charge in [-0.05, 0) is 44.4 Å². The van der Waals surface area contributed by atoms with Crippen LogP contribution in [0.1, 0.15) is 6.42 Å². The van der Waals surface area contributed by atoms with Crippen LogP contribution in [0.25, 0.3) is 17.2 Å². The second-order valence-electron chi connectivity index (χ2n) is 5.62. The molecular formula is C15H10BrFN8O4. The van der Waals surface area contributed by atoms with Gasteiger partial charge in [-0.2, -0.15) is 5.10 Å². The van der Waals surface area contributed by atoms with E-state index in [4.69, 9.17) is 9.15 Å². The number of nitrogens with one attached hydrogen (secondary N) is 3. The SMILES string of the molecule is O=C=C1NN=C(CCNc2nonc2-c2noc(=O)n2-c2ccc(F)c(Br)c2)N1. The van der Waals surface area contributed by atoms with E-state index in [1.165, 1.54) is 18.2 Å². The molecule has 3 heterocycles. The van der Waals surface area contributed by atoms with Crippen LogP contribution >= 0.6 is 15.9 Å². The molecule has 1 aliphatic heterocycles. The molecule has 0 unspecified atom stereocenters. The van der Waals surface area contributed by atoms with Gasteiger partial charge in [-0.3, -0.25) is 9.95 Å². The number of hydrogen-bond donors (Lipinski definition) is 3. The maximum Gasteiger partial charge on any atom is 0.446 e. The molecule has 0 bridgehead atoms. The minimum absolute atomic E-state index is 0.0152. The van der Waals surface area contributed by atoms with Crippen LogP contribution in [0.4, 0.5) is 10.2 Å². The van der Waals surface area contributed by atoms with Crippen molar-refractivity contribution in [3.63, 3.8) is 0 Å². The molecule has 1 aromatic carbocycles. The summed E-state index contributed by atoms with van der Waals surface area (Å²) in [7, 11) is 0. The van der Waals surface area contributed by atoms with Crippen LogP contribution in [0.3, 0.4) is 0 Å². The fraction of sp³-hybridized carbons (Fsp3) is 0.133. The predicted octanol–water partition coefficient (Wildman–Crippen LogP) is 0.758. The van der Waals surface area contributed by atoms with Gasteiger partial charge in [-0.1, -0.05) is 5.16 Å². The zero-order valence-electron chi connectivity index (χ0n) is 14.3. The molecule has 1 aliphatic rings. The van der Waals surface area contributed by atoms with E-state index in [9.17, 15) is 14.0 Å². The summed E-state index contributed by atoms with van der Waals surface area (Å²) >= 11 is 3.07. The highest BCUT2D eigenvalue weighted by Crippen LogP contribution is 2.26. The first kappa shape index (κ1) is 18.6. The molecule has 0 atom stereocenters. The Labute approximate surface area is 168 Å². The predicted molar refractivity (Wildman–Crippen MR) is 99.1 cm³/mol. The van der Waals surface area contributed by atoms with E-state index in [2.05, 4.69) is 52.6 Å². The number of benzene rings is 1. The van der Waals surface area contributed by atoms with Crippen molar-refractivity contribution in [3.05, 3.63) is 44.9 Å². The zero-order valence-corrected chi connectivity index (χ0v) is 15.9. The Balaban J connectivity index is 1.56. The molecule has 0 saturated heterocycles. The van der Waals surface area contributed by atoms with Crippen molar-refractivity contribution in [2.75, 3.05) is 11.9 Å². The molecule has 0 saturated carbocycles. The molecule has 0 aliphatic carbocycles. The minimum Gasteiger partial charge on any atom is -0.365 e. The lowest BCUT2D eigenvalue weighted by molar-refractivity contribution is 0.309. The van der Waals surface area contributed by atoms with Crippen LogP contribution < -0.4 is 21.8 Å². The largest absolute Gasteiger partial charge is 0.446 e. The molecule has 0 fully saturated rings. The molecule has 2 aromatic heterocycles. The summed E-state index contributed by atoms with van der Waals surface area (Å²) in [6.45, 7) is 0.338. The van der Waals surface area contributed by atoms with Crippen LogP contribution in [-0.4, -0.2) is 38.4 Å². The Morgan fingerprint density at radius 3 is 2.93 bits per heavy atom. The van der Waals surface area contributed by atoms with Gasteiger partial charge in [-0.25, -0.2) is 23.2 Å². The topological polar surface area (TPSA) is 152 Å². The molecule has 0 spiro atoms. The second-order valence-corrected chi connectivity index (χ2v) is 6.47. The van der Waals surface area contributed by atoms with Gasteiger partial charge in [0.2, 0.25) is 17.5 Å². The van der Waals surface area contributed by atoms with Crippen molar-refractivity contribution < 1.29 is 18.3 Å². The third-order valence-electron chi connectivity index (χ3n) is 3.79. The molecular weight excluding hydrogens is 455 g/mol. The fourth-order valence-corrected chi connectivity index (χ4v) is 2.86. The van der Waals surface area contributed by atoms with Gasteiger partial charge in [0.25, 0.3) is 0 Å². The third-order valence-corrected chi connectivity index (χ3v) is 4.40. The smallest absolute Gasteiger partial charge is 0.365 e. The highest BCUT2D eigenvalue weighted by molar-refractivity contribution is 9.10. The van der Waals surface area contributed by atoms with Crippen molar-refractivity contribution in [1.82, 2.24) is 30.8 Å². The number of nitrogens with zero attached hydrogens (tertiary/aromatic N) is 5. The lowest BCUT2D eigenvalue weighted by atomic mass is 10.3. The van der Waals surface area contributed by atoms with Crippen LogP contribution in [0.2, 0.25) is 0 Å². The molecule has 148 valence electrons. The fourth-order valence-electron chi connectivity index (χ4n) is 2.49. The standard InChI is InChI=1S/C15H10BrFN8O4/c16-8-5-7(1-2-9(8)17)25-14(24-28-15(25)27)12-13(23-29-22-12)18-4-3-10-19-11(6-26)21-20-10/h1-2,5,21H,3-4H2,(H,18,23)(H,19,20). The molecule has 3 aromatic rings. The van der Waals surface area contributed by atoms with Gasteiger partial charge in [0.1, 0.15) is 11.7 Å². The van der Waals surface area contributed by atoms with Crippen LogP contribution in [-0.2, 0) is 4.79 Å². The van der Waals surface area contributed by atoms with Gasteiger partial charge in [-0.15, -0.1) is 0 Å². The summed E-state index contributed by atoms with van der Waals surface area (Å²) in [4.78, 5) is 22.7. The monoisotopic (exact) mass is 464 g/mol. The van der Waals surface area contributed by atoms with Gasteiger partial charge >= 0.3 is 5.76 Å². The van der Waals surface area contributed by atoms with Crippen molar-refractivity contribution in [2.24, 2.45) is 5.10 Å². The maximum atomic E-state index is 13.5. The van der Waals surface area contributed by atoms with E-state index in [0.29, 0.717) is 24.5 Å². The number of halogens is 2. The summed E-state index contributed by atoms with van der Waals surface area (Å²) in [5.41, 5.74) is 2.90. The third kappa shape index (κ3) is 3.66. The first-order valence-electron chi connectivity index (χ1n) is 8.02. The number of hydrogen-bond acceptors (Lipinski definition) is 11. The number of carbonyl (C=O) groups excluding carboxylic acids is 1. The normalized spacial score (nSPS) is 12.9. The Hall–Kier alpha value is -3.77. The Bertz CT molecular complexity index is 1210. The first-order valence-corrected chi connectivity index (χ1v) is 8.82. The molecule has 12 nitrogen and oxygen atoms in total. The molecule has 3 N–H and O–H groups in total. The van der Waals surface area contributed by atoms with E-state index >= 15 is 0 Å². The number of hydrazone groups is 1. The average molecular weight is 465 g/mol. The first-order chi connectivity index (χ1) is 14.1. The van der Waals surface area contributed by atoms with E-state index in [1.54, 1.807) is 5.94 Å². The lowest BCUT2D eigenvalue weighted by Gasteiger charge is -2.06. The van der Waals surface area contributed by atoms with Gasteiger partial charge in [0, 0.05) is 13.0 Å². The summed E-state index contributed by atoms with van der Waals surface area (Å²) in [5, 5.41) is 20.9. The van der Waals surface area contributed by atoms with E-state index < -0.39 is 11.6 Å². The zero-order chi connectivity index (χ0) is 20.4. The quantitative estimate of drug-likeness (QED) is 0.445. The van der Waals surface area contributed by atoms with Crippen LogP contribution in [0, 0.1) is 5.82 Å². The molecule has 4 rings (SSSR count). The van der Waals surface area contributed by atoms with Crippen molar-refractivity contribution >= 4 is 33.5 Å². The number of rotatable bonds is 6. The van der Waals surface area contributed by atoms with Crippen LogP contribution in [0.15, 0.2) is 47.5 Å². The summed E-state index contributed by atoms with van der Waals surface area (Å²) in [6, 6.07) is 3.97. The van der Waals surface area contributed by atoms with Gasteiger partial charge in [0.05, 0.1) is 10.2 Å². The van der Waals surface area contributed by atoms with Gasteiger partial charge in [0.15, 0.2) is 11.6 Å². The van der Waals surface area contributed by atoms with E-state index in [-0.39, 0.29) is 27.6 Å².